The number of hydrogen-bond acceptors (Lipinski definition) is 3. The molecule has 78 valence electrons. The van der Waals surface area contributed by atoms with Crippen LogP contribution in [0.3, 0.4) is 0 Å². The lowest BCUT2D eigenvalue weighted by Gasteiger charge is -2.34. The van der Waals surface area contributed by atoms with Crippen molar-refractivity contribution in [1.29, 1.82) is 0 Å². The number of hydrogen-bond donors (Lipinski definition) is 2. The van der Waals surface area contributed by atoms with Crippen LogP contribution in [0, 0.1) is 0 Å². The van der Waals surface area contributed by atoms with Gasteiger partial charge in [-0.15, -0.1) is 0 Å². The molecule has 1 heterocycles. The molecule has 0 aromatic carbocycles. The first-order valence-electron chi connectivity index (χ1n) is 4.56. The van der Waals surface area contributed by atoms with Gasteiger partial charge in [-0.1, -0.05) is 0 Å². The summed E-state index contributed by atoms with van der Waals surface area (Å²) in [5, 5.41) is 5.45. The van der Waals surface area contributed by atoms with Crippen LogP contribution in [0.5, 0.6) is 0 Å². The monoisotopic (exact) mass is 193 g/mol. The number of piperazine rings is 1. The first-order valence-corrected chi connectivity index (χ1v) is 4.56. The fraction of sp³-hybridized carbons (Fsp3) is 1.00. The predicted molar refractivity (Wildman–Crippen MR) is 47.9 cm³/mol. The fourth-order valence-corrected chi connectivity index (χ4v) is 1.37. The van der Waals surface area contributed by atoms with Crippen LogP contribution >= 0.6 is 0 Å². The van der Waals surface area contributed by atoms with Crippen LogP contribution in [0.15, 0.2) is 0 Å². The molecule has 0 radical (unpaired) electrons. The summed E-state index contributed by atoms with van der Waals surface area (Å²) in [5.41, 5.74) is 0. The Kier molecular flexibility index (Phi) is 4.02. The third-order valence-electron chi connectivity index (χ3n) is 2.30. The van der Waals surface area contributed by atoms with Gasteiger partial charge in [-0.25, -0.2) is 8.78 Å². The molecule has 3 unspecified atom stereocenters. The van der Waals surface area contributed by atoms with Crippen LogP contribution in [-0.2, 0) is 0 Å². The zero-order valence-electron chi connectivity index (χ0n) is 8.06. The highest BCUT2D eigenvalue weighted by molar-refractivity contribution is 4.77. The molecule has 13 heavy (non-hydrogen) atoms. The van der Waals surface area contributed by atoms with Gasteiger partial charge in [0.2, 0.25) is 0 Å². The highest BCUT2D eigenvalue weighted by atomic mass is 19.1. The molecule has 5 heteroatoms. The maximum atomic E-state index is 13.2. The molecule has 0 bridgehead atoms. The summed E-state index contributed by atoms with van der Waals surface area (Å²) in [7, 11) is 1.81. The van der Waals surface area contributed by atoms with Gasteiger partial charge in [-0.05, 0) is 14.0 Å². The van der Waals surface area contributed by atoms with Gasteiger partial charge in [0.05, 0.1) is 0 Å². The topological polar surface area (TPSA) is 27.3 Å². The van der Waals surface area contributed by atoms with E-state index in [1.807, 2.05) is 14.0 Å². The molecular weight excluding hydrogens is 176 g/mol. The third-order valence-corrected chi connectivity index (χ3v) is 2.30. The zero-order chi connectivity index (χ0) is 9.84. The summed E-state index contributed by atoms with van der Waals surface area (Å²) < 4.78 is 26.0. The Morgan fingerprint density at radius 3 is 2.92 bits per heavy atom. The Morgan fingerprint density at radius 2 is 2.31 bits per heavy atom. The number of nitrogens with zero attached hydrogens (tertiary/aromatic N) is 1. The van der Waals surface area contributed by atoms with Gasteiger partial charge < -0.3 is 5.32 Å². The number of nitrogens with one attached hydrogen (secondary N) is 2. The van der Waals surface area contributed by atoms with E-state index in [1.54, 1.807) is 0 Å². The van der Waals surface area contributed by atoms with E-state index in [4.69, 9.17) is 0 Å². The summed E-state index contributed by atoms with van der Waals surface area (Å²) in [6.45, 7) is 2.70. The molecule has 0 aromatic heterocycles. The number of rotatable bonds is 3. The minimum Gasteiger partial charge on any atom is -0.316 e. The van der Waals surface area contributed by atoms with Gasteiger partial charge in [-0.3, -0.25) is 10.2 Å². The molecule has 1 rings (SSSR count). The van der Waals surface area contributed by atoms with E-state index in [0.717, 1.165) is 0 Å². The molecule has 3 nitrogen and oxygen atoms in total. The van der Waals surface area contributed by atoms with Gasteiger partial charge in [0.25, 0.3) is 0 Å². The van der Waals surface area contributed by atoms with Crippen molar-refractivity contribution < 1.29 is 8.78 Å². The van der Waals surface area contributed by atoms with Crippen molar-refractivity contribution in [1.82, 2.24) is 15.5 Å². The van der Waals surface area contributed by atoms with Crippen molar-refractivity contribution in [2.45, 2.75) is 25.6 Å². The maximum absolute atomic E-state index is 13.2. The molecule has 0 aromatic rings. The van der Waals surface area contributed by atoms with Gasteiger partial charge in [0.1, 0.15) is 0 Å². The Hall–Kier alpha value is -0.260. The molecule has 0 spiro atoms. The van der Waals surface area contributed by atoms with Crippen molar-refractivity contribution in [3.8, 4) is 0 Å². The second-order valence-corrected chi connectivity index (χ2v) is 3.45. The van der Waals surface area contributed by atoms with E-state index < -0.39 is 12.6 Å². The van der Waals surface area contributed by atoms with Crippen molar-refractivity contribution in [2.75, 3.05) is 26.7 Å². The van der Waals surface area contributed by atoms with Crippen LogP contribution < -0.4 is 10.6 Å². The van der Waals surface area contributed by atoms with Crippen LogP contribution in [-0.4, -0.2) is 50.2 Å². The van der Waals surface area contributed by atoms with Gasteiger partial charge >= 0.3 is 0 Å². The lowest BCUT2D eigenvalue weighted by atomic mass is 10.2. The minimum absolute atomic E-state index is 0.0810. The number of halogens is 2. The minimum atomic E-state index is -1.10. The van der Waals surface area contributed by atoms with Crippen LogP contribution in [0.1, 0.15) is 6.92 Å². The quantitative estimate of drug-likeness (QED) is 0.622. The molecule has 0 amide bonds. The largest absolute Gasteiger partial charge is 0.316 e. The standard InChI is InChI=1S/C8H17F2N3/c1-6(11-2)4-13-5-7(9)12-3-8(13)10/h6-8,11-12H,3-5H2,1-2H3. The summed E-state index contributed by atoms with van der Waals surface area (Å²) in [6, 6.07) is 0.184. The van der Waals surface area contributed by atoms with E-state index in [1.165, 1.54) is 4.90 Å². The van der Waals surface area contributed by atoms with Crippen LogP contribution in [0.25, 0.3) is 0 Å². The van der Waals surface area contributed by atoms with E-state index in [2.05, 4.69) is 10.6 Å². The Bertz CT molecular complexity index is 156. The Morgan fingerprint density at radius 1 is 1.62 bits per heavy atom. The van der Waals surface area contributed by atoms with Crippen molar-refractivity contribution in [3.05, 3.63) is 0 Å². The Balaban J connectivity index is 2.37. The van der Waals surface area contributed by atoms with Gasteiger partial charge in [0, 0.05) is 25.7 Å². The first-order chi connectivity index (χ1) is 6.13. The fourth-order valence-electron chi connectivity index (χ4n) is 1.37. The second kappa shape index (κ2) is 4.83. The average Bonchev–Trinajstić information content (AvgIpc) is 2.11. The maximum Gasteiger partial charge on any atom is 0.166 e. The average molecular weight is 193 g/mol. The first kappa shape index (κ1) is 10.8. The zero-order valence-corrected chi connectivity index (χ0v) is 8.06. The second-order valence-electron chi connectivity index (χ2n) is 3.45. The molecule has 0 aliphatic carbocycles. The lowest BCUT2D eigenvalue weighted by Crippen LogP contribution is -2.55. The summed E-state index contributed by atoms with van der Waals surface area (Å²) in [4.78, 5) is 1.52. The van der Waals surface area contributed by atoms with Crippen LogP contribution in [0.2, 0.25) is 0 Å². The highest BCUT2D eigenvalue weighted by Gasteiger charge is 2.27. The predicted octanol–water partition coefficient (Wildman–Crippen LogP) is 0.0907. The molecule has 1 aliphatic rings. The normalized spacial score (nSPS) is 33.2. The molecular formula is C8H17F2N3. The third kappa shape index (κ3) is 3.17. The molecule has 1 fully saturated rings. The lowest BCUT2D eigenvalue weighted by molar-refractivity contribution is 0.00366. The van der Waals surface area contributed by atoms with Crippen molar-refractivity contribution in [2.24, 2.45) is 0 Å². The summed E-state index contributed by atoms with van der Waals surface area (Å²) >= 11 is 0. The summed E-state index contributed by atoms with van der Waals surface area (Å²) in [6.07, 6.45) is -2.17. The molecule has 2 N–H and O–H groups in total. The van der Waals surface area contributed by atoms with E-state index in [9.17, 15) is 8.78 Å². The number of likely N-dealkylation sites (N-methyl/N-ethyl adjacent to an activating group) is 1. The van der Waals surface area contributed by atoms with E-state index in [-0.39, 0.29) is 19.1 Å². The smallest absolute Gasteiger partial charge is 0.166 e. The highest BCUT2D eigenvalue weighted by Crippen LogP contribution is 2.09. The number of alkyl halides is 2. The van der Waals surface area contributed by atoms with Crippen LogP contribution in [0.4, 0.5) is 8.78 Å². The van der Waals surface area contributed by atoms with E-state index >= 15 is 0 Å². The molecule has 1 aliphatic heterocycles. The molecule has 1 saturated heterocycles. The van der Waals surface area contributed by atoms with Gasteiger partial charge in [0.15, 0.2) is 12.6 Å². The van der Waals surface area contributed by atoms with Gasteiger partial charge in [-0.2, -0.15) is 0 Å². The summed E-state index contributed by atoms with van der Waals surface area (Å²) in [5.74, 6) is 0. The Labute approximate surface area is 77.5 Å². The van der Waals surface area contributed by atoms with Crippen molar-refractivity contribution in [3.63, 3.8) is 0 Å². The van der Waals surface area contributed by atoms with Crippen molar-refractivity contribution >= 4 is 0 Å². The SMILES string of the molecule is CNC(C)CN1CC(F)NCC1F. The molecule has 0 saturated carbocycles. The molecule has 3 atom stereocenters. The van der Waals surface area contributed by atoms with E-state index in [0.29, 0.717) is 6.54 Å².